The van der Waals surface area contributed by atoms with Gasteiger partial charge < -0.3 is 10.1 Å². The molecule has 2 rings (SSSR count). The molecule has 148 valence electrons. The summed E-state index contributed by atoms with van der Waals surface area (Å²) in [5.74, 6) is 0.171. The van der Waals surface area contributed by atoms with Crippen LogP contribution in [0.3, 0.4) is 0 Å². The summed E-state index contributed by atoms with van der Waals surface area (Å²) in [7, 11) is 2.64. The van der Waals surface area contributed by atoms with E-state index in [4.69, 9.17) is 4.74 Å². The van der Waals surface area contributed by atoms with E-state index >= 15 is 0 Å². The van der Waals surface area contributed by atoms with Crippen LogP contribution >= 0.6 is 0 Å². The Kier molecular flexibility index (Phi) is 6.27. The van der Waals surface area contributed by atoms with Gasteiger partial charge in [0.1, 0.15) is 5.75 Å². The molecule has 0 fully saturated rings. The third kappa shape index (κ3) is 4.48. The zero-order valence-corrected chi connectivity index (χ0v) is 17.3. The minimum atomic E-state index is -3.61. The number of ether oxygens (including phenoxy) is 1. The number of rotatable bonds is 7. The number of nitrogens with one attached hydrogen (secondary N) is 1. The number of anilines is 1. The Morgan fingerprint density at radius 2 is 1.96 bits per heavy atom. The molecule has 0 saturated carbocycles. The maximum atomic E-state index is 12.4. The van der Waals surface area contributed by atoms with Crippen LogP contribution in [0.2, 0.25) is 0 Å². The summed E-state index contributed by atoms with van der Waals surface area (Å²) < 4.78 is 32.8. The monoisotopic (exact) mass is 394 g/mol. The number of carbonyl (C=O) groups excluding carboxylic acids is 1. The number of nitrogens with zero attached hydrogens (tertiary/aromatic N) is 3. The lowest BCUT2D eigenvalue weighted by Gasteiger charge is -2.15. The largest absolute Gasteiger partial charge is 0.495 e. The van der Waals surface area contributed by atoms with E-state index in [1.54, 1.807) is 4.68 Å². The molecule has 2 aromatic rings. The fourth-order valence-corrected chi connectivity index (χ4v) is 3.71. The van der Waals surface area contributed by atoms with Crippen molar-refractivity contribution in [1.82, 2.24) is 14.1 Å². The van der Waals surface area contributed by atoms with Crippen LogP contribution in [0, 0.1) is 13.8 Å². The normalized spacial score (nSPS) is 11.7. The van der Waals surface area contributed by atoms with E-state index in [1.807, 2.05) is 20.9 Å². The highest BCUT2D eigenvalue weighted by Gasteiger charge is 2.20. The molecule has 0 aliphatic heterocycles. The molecular formula is C18H26N4O4S. The molecule has 0 radical (unpaired) electrons. The van der Waals surface area contributed by atoms with Crippen molar-refractivity contribution in [3.05, 3.63) is 35.2 Å². The number of benzene rings is 1. The first-order chi connectivity index (χ1) is 12.6. The molecule has 1 amide bonds. The van der Waals surface area contributed by atoms with Gasteiger partial charge in [-0.1, -0.05) is 0 Å². The first-order valence-corrected chi connectivity index (χ1v) is 9.91. The van der Waals surface area contributed by atoms with E-state index in [2.05, 4.69) is 10.4 Å². The lowest BCUT2D eigenvalue weighted by Crippen LogP contribution is -2.22. The molecule has 1 heterocycles. The van der Waals surface area contributed by atoms with Crippen molar-refractivity contribution in [1.29, 1.82) is 0 Å². The summed E-state index contributed by atoms with van der Waals surface area (Å²) in [6, 6.07) is 4.39. The molecule has 1 aromatic heterocycles. The molecule has 1 N–H and O–H groups in total. The Balaban J connectivity index is 2.19. The van der Waals surface area contributed by atoms with Gasteiger partial charge in [-0.3, -0.25) is 9.48 Å². The van der Waals surface area contributed by atoms with Crippen LogP contribution in [0.5, 0.6) is 5.75 Å². The topological polar surface area (TPSA) is 93.5 Å². The number of aryl methyl sites for hydroxylation is 2. The van der Waals surface area contributed by atoms with Crippen molar-refractivity contribution in [2.45, 2.75) is 31.6 Å². The van der Waals surface area contributed by atoms with E-state index in [-0.39, 0.29) is 17.2 Å². The Labute approximate surface area is 160 Å². The second-order valence-corrected chi connectivity index (χ2v) is 8.62. The fourth-order valence-electron chi connectivity index (χ4n) is 2.79. The number of aromatic nitrogens is 2. The van der Waals surface area contributed by atoms with Crippen molar-refractivity contribution < 1.29 is 17.9 Å². The van der Waals surface area contributed by atoms with Crippen LogP contribution in [-0.2, 0) is 28.3 Å². The average Bonchev–Trinajstić information content (AvgIpc) is 2.84. The van der Waals surface area contributed by atoms with Gasteiger partial charge in [-0.2, -0.15) is 5.10 Å². The maximum Gasteiger partial charge on any atom is 0.242 e. The quantitative estimate of drug-likeness (QED) is 0.774. The van der Waals surface area contributed by atoms with Crippen LogP contribution in [0.1, 0.15) is 23.4 Å². The van der Waals surface area contributed by atoms with Crippen LogP contribution in [0.15, 0.2) is 23.1 Å². The van der Waals surface area contributed by atoms with Crippen LogP contribution in [0.25, 0.3) is 0 Å². The van der Waals surface area contributed by atoms with E-state index in [9.17, 15) is 13.2 Å². The van der Waals surface area contributed by atoms with Gasteiger partial charge in [0.2, 0.25) is 15.9 Å². The van der Waals surface area contributed by atoms with E-state index < -0.39 is 10.0 Å². The number of hydrogen-bond acceptors (Lipinski definition) is 5. The van der Waals surface area contributed by atoms with Gasteiger partial charge in [-0.15, -0.1) is 0 Å². The highest BCUT2D eigenvalue weighted by Crippen LogP contribution is 2.28. The summed E-state index contributed by atoms with van der Waals surface area (Å²) in [6.07, 6.45) is 0.802. The Morgan fingerprint density at radius 1 is 1.30 bits per heavy atom. The SMILES string of the molecule is COc1ccc(S(=O)(=O)N(C)C)cc1NC(=O)CCc1c(C)nn(C)c1C. The zero-order valence-electron chi connectivity index (χ0n) is 16.5. The van der Waals surface area contributed by atoms with Crippen molar-refractivity contribution in [2.24, 2.45) is 7.05 Å². The maximum absolute atomic E-state index is 12.4. The molecule has 0 unspecified atom stereocenters. The van der Waals surface area contributed by atoms with Crippen LogP contribution in [0.4, 0.5) is 5.69 Å². The molecule has 1 aromatic carbocycles. The van der Waals surface area contributed by atoms with Gasteiger partial charge in [0.15, 0.2) is 0 Å². The third-order valence-electron chi connectivity index (χ3n) is 4.48. The van der Waals surface area contributed by atoms with Gasteiger partial charge in [0.05, 0.1) is 23.4 Å². The zero-order chi connectivity index (χ0) is 20.4. The number of hydrogen-bond donors (Lipinski definition) is 1. The highest BCUT2D eigenvalue weighted by molar-refractivity contribution is 7.89. The van der Waals surface area contributed by atoms with Crippen LogP contribution < -0.4 is 10.1 Å². The van der Waals surface area contributed by atoms with Gasteiger partial charge >= 0.3 is 0 Å². The summed E-state index contributed by atoms with van der Waals surface area (Å²) in [5.41, 5.74) is 3.30. The number of methoxy groups -OCH3 is 1. The Bertz CT molecular complexity index is 949. The van der Waals surface area contributed by atoms with Crippen LogP contribution in [-0.4, -0.2) is 49.6 Å². The summed E-state index contributed by atoms with van der Waals surface area (Å²) in [4.78, 5) is 12.5. The lowest BCUT2D eigenvalue weighted by molar-refractivity contribution is -0.116. The molecule has 8 nitrogen and oxygen atoms in total. The van der Waals surface area contributed by atoms with E-state index in [1.165, 1.54) is 39.4 Å². The molecule has 0 aliphatic carbocycles. The van der Waals surface area contributed by atoms with Crippen molar-refractivity contribution >= 4 is 21.6 Å². The van der Waals surface area contributed by atoms with Crippen molar-refractivity contribution in [3.63, 3.8) is 0 Å². The molecule has 0 spiro atoms. The summed E-state index contributed by atoms with van der Waals surface area (Å²) in [6.45, 7) is 3.88. The molecular weight excluding hydrogens is 368 g/mol. The Morgan fingerprint density at radius 3 is 2.48 bits per heavy atom. The molecule has 27 heavy (non-hydrogen) atoms. The summed E-state index contributed by atoms with van der Waals surface area (Å²) in [5, 5.41) is 7.10. The smallest absolute Gasteiger partial charge is 0.242 e. The second kappa shape index (κ2) is 8.10. The minimum absolute atomic E-state index is 0.0857. The van der Waals surface area contributed by atoms with Gasteiger partial charge in [-0.25, -0.2) is 12.7 Å². The van der Waals surface area contributed by atoms with Gasteiger partial charge in [-0.05, 0) is 44.0 Å². The van der Waals surface area contributed by atoms with E-state index in [0.717, 1.165) is 21.3 Å². The first-order valence-electron chi connectivity index (χ1n) is 8.47. The van der Waals surface area contributed by atoms with Crippen molar-refractivity contribution in [2.75, 3.05) is 26.5 Å². The predicted molar refractivity (Wildman–Crippen MR) is 103 cm³/mol. The molecule has 0 bridgehead atoms. The summed E-state index contributed by atoms with van der Waals surface area (Å²) >= 11 is 0. The predicted octanol–water partition coefficient (Wildman–Crippen LogP) is 1.87. The average molecular weight is 394 g/mol. The third-order valence-corrected chi connectivity index (χ3v) is 6.30. The fraction of sp³-hybridized carbons (Fsp3) is 0.444. The standard InChI is InChI=1S/C18H26N4O4S/c1-12-15(13(2)22(5)20-12)8-10-18(23)19-16-11-14(7-9-17(16)26-6)27(24,25)21(3)4/h7,9,11H,8,10H2,1-6H3,(H,19,23). The van der Waals surface area contributed by atoms with E-state index in [0.29, 0.717) is 17.9 Å². The molecule has 0 aliphatic rings. The first kappa shape index (κ1) is 20.9. The molecule has 9 heteroatoms. The highest BCUT2D eigenvalue weighted by atomic mass is 32.2. The molecule has 0 saturated heterocycles. The number of amides is 1. The van der Waals surface area contributed by atoms with Gasteiger partial charge in [0.25, 0.3) is 0 Å². The Hall–Kier alpha value is -2.39. The molecule has 0 atom stereocenters. The van der Waals surface area contributed by atoms with Crippen molar-refractivity contribution in [3.8, 4) is 5.75 Å². The lowest BCUT2D eigenvalue weighted by atomic mass is 10.1. The second-order valence-electron chi connectivity index (χ2n) is 6.47. The number of carbonyl (C=O) groups is 1. The number of sulfonamides is 1. The van der Waals surface area contributed by atoms with Gasteiger partial charge in [0, 0.05) is 33.3 Å². The minimum Gasteiger partial charge on any atom is -0.495 e.